The predicted octanol–water partition coefficient (Wildman–Crippen LogP) is 1.73. The van der Waals surface area contributed by atoms with Gasteiger partial charge in [0.2, 0.25) is 0 Å². The average molecular weight is 350 g/mol. The summed E-state index contributed by atoms with van der Waals surface area (Å²) >= 11 is 0. The number of carbonyl (C=O) groups excluding carboxylic acids is 1. The molecule has 1 aromatic carbocycles. The average Bonchev–Trinajstić information content (AvgIpc) is 2.64. The molecule has 1 unspecified atom stereocenters. The minimum atomic E-state index is -0.354. The molecular formula is C19H30N2O4. The second kappa shape index (κ2) is 10.5. The number of β-amino-alcohol motifs (C(OH)–C–C–N with tert-alkyl or cyclic N) is 1. The van der Waals surface area contributed by atoms with Crippen LogP contribution in [-0.4, -0.2) is 73.1 Å². The number of hydrogen-bond donors (Lipinski definition) is 1. The van der Waals surface area contributed by atoms with E-state index in [1.165, 1.54) is 5.56 Å². The third-order valence-electron chi connectivity index (χ3n) is 4.59. The van der Waals surface area contributed by atoms with Crippen LogP contribution in [0.3, 0.4) is 0 Å². The van der Waals surface area contributed by atoms with Gasteiger partial charge in [-0.3, -0.25) is 9.80 Å². The number of aliphatic hydroxyl groups excluding tert-OH is 1. The highest BCUT2D eigenvalue weighted by atomic mass is 16.7. The molecule has 1 aromatic rings. The van der Waals surface area contributed by atoms with Crippen molar-refractivity contribution in [3.8, 4) is 0 Å². The van der Waals surface area contributed by atoms with Crippen molar-refractivity contribution in [3.05, 3.63) is 35.4 Å². The van der Waals surface area contributed by atoms with Crippen LogP contribution in [0.25, 0.3) is 0 Å². The molecule has 1 fully saturated rings. The Morgan fingerprint density at radius 2 is 1.80 bits per heavy atom. The first-order valence-corrected chi connectivity index (χ1v) is 9.05. The van der Waals surface area contributed by atoms with Gasteiger partial charge in [-0.1, -0.05) is 19.1 Å². The van der Waals surface area contributed by atoms with E-state index in [0.29, 0.717) is 5.56 Å². The van der Waals surface area contributed by atoms with Gasteiger partial charge in [0.15, 0.2) is 6.79 Å². The molecule has 2 rings (SSSR count). The van der Waals surface area contributed by atoms with E-state index in [0.717, 1.165) is 45.7 Å². The number of nitrogens with zero attached hydrogens (tertiary/aromatic N) is 2. The highest BCUT2D eigenvalue weighted by Crippen LogP contribution is 2.11. The molecule has 1 aliphatic heterocycles. The third-order valence-corrected chi connectivity index (χ3v) is 4.59. The lowest BCUT2D eigenvalue weighted by molar-refractivity contribution is -0.0603. The van der Waals surface area contributed by atoms with Crippen molar-refractivity contribution in [2.45, 2.75) is 32.9 Å². The van der Waals surface area contributed by atoms with E-state index in [1.807, 2.05) is 38.1 Å². The molecule has 0 aliphatic carbocycles. The standard InChI is InChI=1S/C19H30N2O4/c1-3-16(2)24-15-25-19(23)18-6-4-17(5-7-18)14-21-10-8-20(9-11-21)12-13-22/h4-7,16,22H,3,8-15H2,1-2H3. The maximum Gasteiger partial charge on any atom is 0.340 e. The van der Waals surface area contributed by atoms with E-state index >= 15 is 0 Å². The summed E-state index contributed by atoms with van der Waals surface area (Å²) in [4.78, 5) is 16.6. The van der Waals surface area contributed by atoms with Gasteiger partial charge in [-0.15, -0.1) is 0 Å². The first-order chi connectivity index (χ1) is 12.1. The van der Waals surface area contributed by atoms with Gasteiger partial charge in [0.25, 0.3) is 0 Å². The van der Waals surface area contributed by atoms with Crippen molar-refractivity contribution in [3.63, 3.8) is 0 Å². The number of esters is 1. The molecule has 6 heteroatoms. The fourth-order valence-corrected chi connectivity index (χ4v) is 2.72. The molecule has 1 saturated heterocycles. The van der Waals surface area contributed by atoms with Crippen LogP contribution in [0.2, 0.25) is 0 Å². The van der Waals surface area contributed by atoms with Crippen LogP contribution in [0, 0.1) is 0 Å². The monoisotopic (exact) mass is 350 g/mol. The molecule has 1 N–H and O–H groups in total. The molecule has 1 heterocycles. The van der Waals surface area contributed by atoms with Crippen molar-refractivity contribution in [2.24, 2.45) is 0 Å². The van der Waals surface area contributed by atoms with E-state index in [2.05, 4.69) is 9.80 Å². The van der Waals surface area contributed by atoms with Crippen LogP contribution in [0.4, 0.5) is 0 Å². The number of ether oxygens (including phenoxy) is 2. The van der Waals surface area contributed by atoms with Crippen molar-refractivity contribution < 1.29 is 19.4 Å². The van der Waals surface area contributed by atoms with Crippen molar-refractivity contribution in [2.75, 3.05) is 46.1 Å². The van der Waals surface area contributed by atoms with Crippen LogP contribution < -0.4 is 0 Å². The fraction of sp³-hybridized carbons (Fsp3) is 0.632. The summed E-state index contributed by atoms with van der Waals surface area (Å²) in [5.41, 5.74) is 1.73. The van der Waals surface area contributed by atoms with Crippen molar-refractivity contribution in [1.82, 2.24) is 9.80 Å². The maximum absolute atomic E-state index is 12.0. The molecule has 25 heavy (non-hydrogen) atoms. The number of hydrogen-bond acceptors (Lipinski definition) is 6. The molecule has 0 spiro atoms. The molecular weight excluding hydrogens is 320 g/mol. The number of carbonyl (C=O) groups is 1. The Bertz CT molecular complexity index is 513. The topological polar surface area (TPSA) is 62.2 Å². The number of benzene rings is 1. The summed E-state index contributed by atoms with van der Waals surface area (Å²) in [6.45, 7) is 9.79. The Labute approximate surface area is 150 Å². The lowest BCUT2D eigenvalue weighted by atomic mass is 10.1. The second-order valence-corrected chi connectivity index (χ2v) is 6.47. The van der Waals surface area contributed by atoms with Gasteiger partial charge in [0, 0.05) is 39.3 Å². The van der Waals surface area contributed by atoms with Crippen LogP contribution in [0.1, 0.15) is 36.2 Å². The van der Waals surface area contributed by atoms with Crippen molar-refractivity contribution >= 4 is 5.97 Å². The fourth-order valence-electron chi connectivity index (χ4n) is 2.72. The van der Waals surface area contributed by atoms with Crippen LogP contribution in [0.5, 0.6) is 0 Å². The summed E-state index contributed by atoms with van der Waals surface area (Å²) < 4.78 is 10.5. The Kier molecular flexibility index (Phi) is 8.34. The van der Waals surface area contributed by atoms with Crippen LogP contribution in [-0.2, 0) is 16.0 Å². The maximum atomic E-state index is 12.0. The summed E-state index contributed by atoms with van der Waals surface area (Å²) in [5.74, 6) is -0.354. The Morgan fingerprint density at radius 1 is 1.16 bits per heavy atom. The lowest BCUT2D eigenvalue weighted by Crippen LogP contribution is -2.46. The molecule has 140 valence electrons. The van der Waals surface area contributed by atoms with Gasteiger partial charge >= 0.3 is 5.97 Å². The molecule has 1 aliphatic rings. The van der Waals surface area contributed by atoms with Gasteiger partial charge in [-0.2, -0.15) is 0 Å². The zero-order chi connectivity index (χ0) is 18.1. The Hall–Kier alpha value is -1.47. The summed E-state index contributed by atoms with van der Waals surface area (Å²) in [6, 6.07) is 7.57. The first kappa shape index (κ1) is 19.8. The minimum Gasteiger partial charge on any atom is -0.435 e. The van der Waals surface area contributed by atoms with E-state index in [9.17, 15) is 4.79 Å². The van der Waals surface area contributed by atoms with Gasteiger partial charge in [0.1, 0.15) is 0 Å². The number of aliphatic hydroxyl groups is 1. The van der Waals surface area contributed by atoms with Gasteiger partial charge in [-0.25, -0.2) is 4.79 Å². The molecule has 0 radical (unpaired) electrons. The van der Waals surface area contributed by atoms with E-state index in [1.54, 1.807) is 0 Å². The van der Waals surface area contributed by atoms with Crippen molar-refractivity contribution in [1.29, 1.82) is 0 Å². The highest BCUT2D eigenvalue weighted by molar-refractivity contribution is 5.89. The van der Waals surface area contributed by atoms with E-state index in [-0.39, 0.29) is 25.5 Å². The molecule has 0 aromatic heterocycles. The zero-order valence-electron chi connectivity index (χ0n) is 15.3. The van der Waals surface area contributed by atoms with Gasteiger partial charge in [-0.05, 0) is 31.0 Å². The van der Waals surface area contributed by atoms with Crippen LogP contribution >= 0.6 is 0 Å². The quantitative estimate of drug-likeness (QED) is 0.541. The predicted molar refractivity (Wildman–Crippen MR) is 96.4 cm³/mol. The molecule has 1 atom stereocenters. The summed E-state index contributed by atoms with van der Waals surface area (Å²) in [7, 11) is 0. The van der Waals surface area contributed by atoms with Gasteiger partial charge < -0.3 is 14.6 Å². The van der Waals surface area contributed by atoms with E-state index in [4.69, 9.17) is 14.6 Å². The molecule has 6 nitrogen and oxygen atoms in total. The number of piperazine rings is 1. The first-order valence-electron chi connectivity index (χ1n) is 9.05. The Balaban J connectivity index is 1.75. The largest absolute Gasteiger partial charge is 0.435 e. The van der Waals surface area contributed by atoms with Gasteiger partial charge in [0.05, 0.1) is 18.3 Å². The normalized spacial score (nSPS) is 17.4. The molecule has 0 amide bonds. The smallest absolute Gasteiger partial charge is 0.340 e. The third kappa shape index (κ3) is 6.74. The number of rotatable bonds is 9. The SMILES string of the molecule is CCC(C)OCOC(=O)c1ccc(CN2CCN(CCO)CC2)cc1. The molecule has 0 bridgehead atoms. The van der Waals surface area contributed by atoms with Crippen LogP contribution in [0.15, 0.2) is 24.3 Å². The zero-order valence-corrected chi connectivity index (χ0v) is 15.3. The summed E-state index contributed by atoms with van der Waals surface area (Å²) in [5, 5.41) is 8.98. The summed E-state index contributed by atoms with van der Waals surface area (Å²) in [6.07, 6.45) is 0.980. The Morgan fingerprint density at radius 3 is 2.40 bits per heavy atom. The highest BCUT2D eigenvalue weighted by Gasteiger charge is 2.16. The molecule has 0 saturated carbocycles. The lowest BCUT2D eigenvalue weighted by Gasteiger charge is -2.34. The van der Waals surface area contributed by atoms with E-state index < -0.39 is 0 Å². The second-order valence-electron chi connectivity index (χ2n) is 6.47. The minimum absolute atomic E-state index is 0.00624.